The van der Waals surface area contributed by atoms with Crippen LogP contribution in [-0.4, -0.2) is 37.2 Å². The Morgan fingerprint density at radius 3 is 1.08 bits per heavy atom. The number of unbranched alkanes of at least 4 members (excludes halogenated alkanes) is 15. The van der Waals surface area contributed by atoms with Crippen molar-refractivity contribution in [1.29, 1.82) is 0 Å². The second kappa shape index (κ2) is 46.5. The lowest BCUT2D eigenvalue weighted by molar-refractivity contribution is -0.167. The summed E-state index contributed by atoms with van der Waals surface area (Å²) < 4.78 is 16.6. The van der Waals surface area contributed by atoms with Gasteiger partial charge < -0.3 is 14.2 Å². The van der Waals surface area contributed by atoms with E-state index in [1.807, 2.05) is 85.1 Å². The Morgan fingerprint density at radius 2 is 0.678 bits per heavy atom. The van der Waals surface area contributed by atoms with E-state index in [4.69, 9.17) is 14.2 Å². The molecule has 6 heteroatoms. The molecule has 0 saturated heterocycles. The number of hydrogen-bond acceptors (Lipinski definition) is 6. The Morgan fingerprint density at radius 1 is 0.356 bits per heavy atom. The molecule has 0 aromatic heterocycles. The molecule has 0 rings (SSSR count). The van der Waals surface area contributed by atoms with Gasteiger partial charge in [-0.05, 0) is 83.5 Å². The van der Waals surface area contributed by atoms with Gasteiger partial charge in [-0.3, -0.25) is 14.4 Å². The van der Waals surface area contributed by atoms with Crippen LogP contribution in [0.15, 0.2) is 122 Å². The van der Waals surface area contributed by atoms with Gasteiger partial charge in [-0.2, -0.15) is 0 Å². The second-order valence-electron chi connectivity index (χ2n) is 14.8. The maximum Gasteiger partial charge on any atom is 0.306 e. The van der Waals surface area contributed by atoms with Crippen LogP contribution in [-0.2, 0) is 28.6 Å². The third-order valence-corrected chi connectivity index (χ3v) is 9.15. The molecule has 0 N–H and O–H groups in total. The lowest BCUT2D eigenvalue weighted by atomic mass is 10.1. The molecule has 0 radical (unpaired) electrons. The fraction of sp³-hybridized carbons (Fsp3) is 0.566. The molecule has 0 saturated carbocycles. The van der Waals surface area contributed by atoms with Gasteiger partial charge >= 0.3 is 17.9 Å². The molecule has 0 fully saturated rings. The van der Waals surface area contributed by atoms with Crippen LogP contribution in [0.2, 0.25) is 0 Å². The van der Waals surface area contributed by atoms with Crippen LogP contribution in [0, 0.1) is 0 Å². The van der Waals surface area contributed by atoms with Gasteiger partial charge in [0.2, 0.25) is 0 Å². The average Bonchev–Trinajstić information content (AvgIpc) is 3.23. The van der Waals surface area contributed by atoms with Crippen molar-refractivity contribution >= 4 is 17.9 Å². The number of ether oxygens (including phenoxy) is 3. The van der Waals surface area contributed by atoms with E-state index in [1.54, 1.807) is 0 Å². The summed E-state index contributed by atoms with van der Waals surface area (Å²) in [5.41, 5.74) is 0. The second-order valence-corrected chi connectivity index (χ2v) is 14.8. The minimum Gasteiger partial charge on any atom is -0.462 e. The van der Waals surface area contributed by atoms with Gasteiger partial charge in [-0.1, -0.05) is 194 Å². The third-order valence-electron chi connectivity index (χ3n) is 9.15. The Kier molecular flexibility index (Phi) is 43.2. The molecule has 0 aliphatic rings. The van der Waals surface area contributed by atoms with Crippen molar-refractivity contribution in [2.24, 2.45) is 0 Å². The van der Waals surface area contributed by atoms with Crippen molar-refractivity contribution in [2.75, 3.05) is 13.2 Å². The van der Waals surface area contributed by atoms with Gasteiger partial charge in [0.15, 0.2) is 6.10 Å². The topological polar surface area (TPSA) is 78.9 Å². The summed E-state index contributed by atoms with van der Waals surface area (Å²) in [7, 11) is 0. The van der Waals surface area contributed by atoms with Gasteiger partial charge in [0, 0.05) is 19.3 Å². The Hall–Kier alpha value is -4.19. The maximum atomic E-state index is 12.7. The maximum absolute atomic E-state index is 12.7. The van der Waals surface area contributed by atoms with Crippen molar-refractivity contribution in [3.63, 3.8) is 0 Å². The van der Waals surface area contributed by atoms with Crippen LogP contribution < -0.4 is 0 Å². The first kappa shape index (κ1) is 54.8. The van der Waals surface area contributed by atoms with Gasteiger partial charge in [-0.25, -0.2) is 0 Å². The van der Waals surface area contributed by atoms with Crippen molar-refractivity contribution in [2.45, 2.75) is 181 Å². The molecule has 0 aromatic rings. The van der Waals surface area contributed by atoms with Gasteiger partial charge in [0.05, 0.1) is 0 Å². The van der Waals surface area contributed by atoms with E-state index in [1.165, 1.54) is 38.5 Å². The van der Waals surface area contributed by atoms with E-state index >= 15 is 0 Å². The zero-order valence-corrected chi connectivity index (χ0v) is 37.5. The van der Waals surface area contributed by atoms with Gasteiger partial charge in [0.1, 0.15) is 13.2 Å². The molecule has 59 heavy (non-hydrogen) atoms. The molecular weight excluding hydrogens is 733 g/mol. The molecule has 0 heterocycles. The lowest BCUT2D eigenvalue weighted by Gasteiger charge is -2.18. The average molecular weight is 815 g/mol. The summed E-state index contributed by atoms with van der Waals surface area (Å²) in [6.07, 6.45) is 63.2. The van der Waals surface area contributed by atoms with Crippen molar-refractivity contribution in [1.82, 2.24) is 0 Å². The molecule has 330 valence electrons. The van der Waals surface area contributed by atoms with E-state index in [-0.39, 0.29) is 37.5 Å². The van der Waals surface area contributed by atoms with Crippen molar-refractivity contribution in [3.05, 3.63) is 122 Å². The zero-order chi connectivity index (χ0) is 43.0. The molecule has 0 amide bonds. The smallest absolute Gasteiger partial charge is 0.306 e. The fourth-order valence-electron chi connectivity index (χ4n) is 5.70. The summed E-state index contributed by atoms with van der Waals surface area (Å²) in [5.74, 6) is -1.03. The summed E-state index contributed by atoms with van der Waals surface area (Å²) >= 11 is 0. The van der Waals surface area contributed by atoms with Crippen LogP contribution in [0.4, 0.5) is 0 Å². The highest BCUT2D eigenvalue weighted by Gasteiger charge is 2.19. The molecule has 0 bridgehead atoms. The van der Waals surface area contributed by atoms with Gasteiger partial charge in [-0.15, -0.1) is 0 Å². The predicted octanol–water partition coefficient (Wildman–Crippen LogP) is 15.0. The first-order valence-corrected chi connectivity index (χ1v) is 23.2. The molecule has 0 aliphatic heterocycles. The van der Waals surface area contributed by atoms with Crippen LogP contribution >= 0.6 is 0 Å². The lowest BCUT2D eigenvalue weighted by Crippen LogP contribution is -2.30. The number of rotatable bonds is 39. The number of esters is 3. The molecule has 1 unspecified atom stereocenters. The number of carbonyl (C=O) groups excluding carboxylic acids is 3. The highest BCUT2D eigenvalue weighted by molar-refractivity contribution is 5.71. The molecule has 0 aromatic carbocycles. The monoisotopic (exact) mass is 815 g/mol. The molecule has 6 nitrogen and oxygen atoms in total. The number of hydrogen-bond donors (Lipinski definition) is 0. The van der Waals surface area contributed by atoms with E-state index < -0.39 is 6.10 Å². The number of carbonyl (C=O) groups is 3. The molecule has 0 aliphatic carbocycles. The Labute approximate surface area is 361 Å². The SMILES string of the molecule is CC/C=C/C=C/C=C/C=C/C=C/CCCCCC(=O)OCC(COC(=O)CCCCC/C=C/CCCCCCCC)OC(=O)CCCCC/C=C/C=C/C=C/C=C/CC. The zero-order valence-electron chi connectivity index (χ0n) is 37.5. The summed E-state index contributed by atoms with van der Waals surface area (Å²) in [6.45, 7) is 6.22. The van der Waals surface area contributed by atoms with E-state index in [2.05, 4.69) is 57.2 Å². The normalized spacial score (nSPS) is 13.2. The van der Waals surface area contributed by atoms with E-state index in [9.17, 15) is 14.4 Å². The Bertz CT molecular complexity index is 1300. The Balaban J connectivity index is 4.59. The molecule has 0 spiro atoms. The summed E-state index contributed by atoms with van der Waals surface area (Å²) in [4.78, 5) is 37.8. The van der Waals surface area contributed by atoms with Crippen LogP contribution in [0.1, 0.15) is 175 Å². The third kappa shape index (κ3) is 44.8. The largest absolute Gasteiger partial charge is 0.462 e. The quantitative estimate of drug-likeness (QED) is 0.0202. The minimum atomic E-state index is -0.824. The summed E-state index contributed by atoms with van der Waals surface area (Å²) in [5, 5.41) is 0. The predicted molar refractivity (Wildman–Crippen MR) is 251 cm³/mol. The first-order valence-electron chi connectivity index (χ1n) is 23.2. The summed E-state index contributed by atoms with van der Waals surface area (Å²) in [6, 6.07) is 0. The number of allylic oxidation sites excluding steroid dienone is 20. The fourth-order valence-corrected chi connectivity index (χ4v) is 5.70. The highest BCUT2D eigenvalue weighted by atomic mass is 16.6. The van der Waals surface area contributed by atoms with Crippen LogP contribution in [0.25, 0.3) is 0 Å². The van der Waals surface area contributed by atoms with Crippen LogP contribution in [0.5, 0.6) is 0 Å². The van der Waals surface area contributed by atoms with Gasteiger partial charge in [0.25, 0.3) is 0 Å². The van der Waals surface area contributed by atoms with Crippen LogP contribution in [0.3, 0.4) is 0 Å². The minimum absolute atomic E-state index is 0.120. The highest BCUT2D eigenvalue weighted by Crippen LogP contribution is 2.11. The molecular formula is C53H82O6. The first-order chi connectivity index (χ1) is 29.0. The van der Waals surface area contributed by atoms with E-state index in [0.717, 1.165) is 89.9 Å². The standard InChI is InChI=1S/C53H82O6/c1-4-7-10-13-16-19-22-25-26-29-31-34-37-40-43-46-52(55)58-49-50(59-53(56)47-44-41-38-35-32-28-24-21-18-15-12-9-6-3)48-57-51(54)45-42-39-36-33-30-27-23-20-17-14-11-8-5-2/h7,9-10,12-13,15-16,18-19,21-22,24-32,50H,4-6,8,11,14,17,20,23,33-49H2,1-3H3/b10-7+,12-9+,16-13+,18-15+,22-19+,24-21+,26-25+,30-27+,31-29+,32-28+. The van der Waals surface area contributed by atoms with Crippen molar-refractivity contribution in [3.8, 4) is 0 Å². The molecule has 1 atom stereocenters. The van der Waals surface area contributed by atoms with E-state index in [0.29, 0.717) is 19.3 Å². The van der Waals surface area contributed by atoms with Crippen molar-refractivity contribution < 1.29 is 28.6 Å².